The standard InChI is InChI=1S/C23H24N4O4S/c28-21-16-10-4-6-12-18(16)27(24-14-15-8-2-1-3-9-15)23(29)20(21)22-25-17-11-5-7-13-19(17)32(30,31)26-22/h4-7,10-13,15,24,28H,1-3,8-9,14H2,(H,25,26). The third-order valence-electron chi connectivity index (χ3n) is 6.18. The van der Waals surface area contributed by atoms with E-state index in [1.807, 2.05) is 0 Å². The molecule has 0 radical (unpaired) electrons. The van der Waals surface area contributed by atoms with Crippen molar-refractivity contribution in [3.05, 3.63) is 64.4 Å². The first-order valence-electron chi connectivity index (χ1n) is 10.8. The number of hydrogen-bond acceptors (Lipinski definition) is 6. The Labute approximate surface area is 185 Å². The van der Waals surface area contributed by atoms with Gasteiger partial charge in [-0.15, -0.1) is 4.40 Å². The number of benzene rings is 2. The molecule has 2 aromatic carbocycles. The van der Waals surface area contributed by atoms with Gasteiger partial charge in [0.15, 0.2) is 5.84 Å². The molecule has 0 spiro atoms. The van der Waals surface area contributed by atoms with Crippen LogP contribution in [0.1, 0.15) is 37.7 Å². The molecule has 2 heterocycles. The first-order chi connectivity index (χ1) is 15.5. The number of fused-ring (bicyclic) bond motifs is 2. The summed E-state index contributed by atoms with van der Waals surface area (Å²) in [6.45, 7) is 0.620. The molecule has 1 saturated carbocycles. The Kier molecular flexibility index (Phi) is 5.13. The highest BCUT2D eigenvalue weighted by atomic mass is 32.2. The Morgan fingerprint density at radius 3 is 2.59 bits per heavy atom. The molecule has 3 aromatic rings. The van der Waals surface area contributed by atoms with Crippen LogP contribution in [0.4, 0.5) is 5.69 Å². The summed E-state index contributed by atoms with van der Waals surface area (Å²) >= 11 is 0. The predicted molar refractivity (Wildman–Crippen MR) is 124 cm³/mol. The molecular formula is C23H24N4O4S. The van der Waals surface area contributed by atoms with Crippen molar-refractivity contribution >= 4 is 32.4 Å². The van der Waals surface area contributed by atoms with Crippen LogP contribution in [0.2, 0.25) is 0 Å². The van der Waals surface area contributed by atoms with Crippen LogP contribution < -0.4 is 16.3 Å². The molecule has 0 saturated heterocycles. The molecule has 166 valence electrons. The molecule has 1 aliphatic carbocycles. The number of rotatable bonds is 4. The second-order valence-electron chi connectivity index (χ2n) is 8.28. The number of amidine groups is 1. The fraction of sp³-hybridized carbons (Fsp3) is 0.304. The fourth-order valence-corrected chi connectivity index (χ4v) is 5.65. The summed E-state index contributed by atoms with van der Waals surface area (Å²) in [6.07, 6.45) is 5.81. The van der Waals surface area contributed by atoms with Crippen LogP contribution in [0.15, 0.2) is 62.6 Å². The lowest BCUT2D eigenvalue weighted by Gasteiger charge is -2.24. The van der Waals surface area contributed by atoms with Gasteiger partial charge in [0, 0.05) is 11.9 Å². The average molecular weight is 453 g/mol. The molecule has 2 aliphatic rings. The second-order valence-corrected chi connectivity index (χ2v) is 9.86. The van der Waals surface area contributed by atoms with Gasteiger partial charge in [-0.1, -0.05) is 43.5 Å². The molecule has 8 nitrogen and oxygen atoms in total. The maximum atomic E-state index is 13.5. The van der Waals surface area contributed by atoms with E-state index in [1.54, 1.807) is 42.5 Å². The van der Waals surface area contributed by atoms with Crippen molar-refractivity contribution < 1.29 is 13.5 Å². The van der Waals surface area contributed by atoms with Gasteiger partial charge in [0.2, 0.25) is 0 Å². The Morgan fingerprint density at radius 2 is 1.78 bits per heavy atom. The van der Waals surface area contributed by atoms with Crippen molar-refractivity contribution in [3.63, 3.8) is 0 Å². The number of aromatic hydroxyl groups is 1. The molecule has 32 heavy (non-hydrogen) atoms. The van der Waals surface area contributed by atoms with Crippen LogP contribution >= 0.6 is 0 Å². The average Bonchev–Trinajstić information content (AvgIpc) is 2.79. The smallest absolute Gasteiger partial charge is 0.286 e. The Bertz CT molecular complexity index is 1390. The number of para-hydroxylation sites is 2. The minimum absolute atomic E-state index is 0.0276. The number of sulfonamides is 1. The highest BCUT2D eigenvalue weighted by Gasteiger charge is 2.29. The number of nitrogens with one attached hydrogen (secondary N) is 2. The minimum atomic E-state index is -4.02. The van der Waals surface area contributed by atoms with E-state index in [0.29, 0.717) is 29.1 Å². The van der Waals surface area contributed by atoms with Gasteiger partial charge < -0.3 is 15.8 Å². The van der Waals surface area contributed by atoms with E-state index in [-0.39, 0.29) is 22.0 Å². The van der Waals surface area contributed by atoms with Crippen LogP contribution in [-0.4, -0.2) is 30.6 Å². The van der Waals surface area contributed by atoms with Gasteiger partial charge in [-0.05, 0) is 43.0 Å². The van der Waals surface area contributed by atoms with Gasteiger partial charge in [0.1, 0.15) is 16.2 Å². The first-order valence-corrected chi connectivity index (χ1v) is 12.2. The number of nitrogens with zero attached hydrogens (tertiary/aromatic N) is 2. The third-order valence-corrected chi connectivity index (χ3v) is 7.52. The summed E-state index contributed by atoms with van der Waals surface area (Å²) in [5.41, 5.74) is 3.33. The Hall–Kier alpha value is -3.33. The monoisotopic (exact) mass is 452 g/mol. The van der Waals surface area contributed by atoms with Gasteiger partial charge in [-0.2, -0.15) is 8.42 Å². The molecule has 0 unspecified atom stereocenters. The number of aromatic nitrogens is 1. The summed E-state index contributed by atoms with van der Waals surface area (Å²) in [5.74, 6) is -0.0311. The Balaban J connectivity index is 1.64. The third kappa shape index (κ3) is 3.52. The lowest BCUT2D eigenvalue weighted by molar-refractivity contribution is 0.366. The molecule has 9 heteroatoms. The normalized spacial score (nSPS) is 17.9. The van der Waals surface area contributed by atoms with Crippen molar-refractivity contribution in [3.8, 4) is 5.75 Å². The summed E-state index contributed by atoms with van der Waals surface area (Å²) in [7, 11) is -4.02. The van der Waals surface area contributed by atoms with Crippen LogP contribution in [0.3, 0.4) is 0 Å². The number of anilines is 1. The van der Waals surface area contributed by atoms with Crippen molar-refractivity contribution in [1.82, 2.24) is 4.68 Å². The molecular weight excluding hydrogens is 428 g/mol. The van der Waals surface area contributed by atoms with Crippen LogP contribution in [0.25, 0.3) is 10.9 Å². The van der Waals surface area contributed by atoms with E-state index in [0.717, 1.165) is 12.8 Å². The molecule has 1 aromatic heterocycles. The lowest BCUT2D eigenvalue weighted by Crippen LogP contribution is -2.38. The zero-order valence-electron chi connectivity index (χ0n) is 17.4. The predicted octanol–water partition coefficient (Wildman–Crippen LogP) is 3.39. The topological polar surface area (TPSA) is 113 Å². The van der Waals surface area contributed by atoms with Crippen molar-refractivity contribution in [2.24, 2.45) is 10.3 Å². The van der Waals surface area contributed by atoms with E-state index in [9.17, 15) is 18.3 Å². The SMILES string of the molecule is O=c1c(C2=NS(=O)(=O)c3ccccc3N2)c(O)c2ccccc2n1NCC1CCCCC1. The van der Waals surface area contributed by atoms with E-state index >= 15 is 0 Å². The molecule has 0 bridgehead atoms. The van der Waals surface area contributed by atoms with Gasteiger partial charge in [-0.25, -0.2) is 4.68 Å². The van der Waals surface area contributed by atoms with Gasteiger partial charge >= 0.3 is 0 Å². The minimum Gasteiger partial charge on any atom is -0.506 e. The van der Waals surface area contributed by atoms with Crippen LogP contribution in [0, 0.1) is 5.92 Å². The highest BCUT2D eigenvalue weighted by Crippen LogP contribution is 2.32. The largest absolute Gasteiger partial charge is 0.506 e. The summed E-state index contributed by atoms with van der Waals surface area (Å²) in [6, 6.07) is 13.3. The number of hydrogen-bond donors (Lipinski definition) is 3. The van der Waals surface area contributed by atoms with E-state index < -0.39 is 15.6 Å². The quantitative estimate of drug-likeness (QED) is 0.559. The summed E-state index contributed by atoms with van der Waals surface area (Å²) < 4.78 is 30.7. The zero-order valence-corrected chi connectivity index (χ0v) is 18.2. The number of pyridine rings is 1. The Morgan fingerprint density at radius 1 is 1.06 bits per heavy atom. The van der Waals surface area contributed by atoms with Gasteiger partial charge in [0.05, 0.1) is 11.2 Å². The first kappa shape index (κ1) is 20.6. The molecule has 1 aliphatic heterocycles. The van der Waals surface area contributed by atoms with Crippen molar-refractivity contribution in [1.29, 1.82) is 0 Å². The van der Waals surface area contributed by atoms with E-state index in [4.69, 9.17) is 0 Å². The zero-order chi connectivity index (χ0) is 22.3. The molecule has 3 N–H and O–H groups in total. The van der Waals surface area contributed by atoms with Crippen LogP contribution in [0.5, 0.6) is 5.75 Å². The molecule has 5 rings (SSSR count). The molecule has 1 fully saturated rings. The molecule has 0 amide bonds. The second kappa shape index (κ2) is 7.98. The summed E-state index contributed by atoms with van der Waals surface area (Å²) in [4.78, 5) is 13.6. The van der Waals surface area contributed by atoms with E-state index in [1.165, 1.54) is 30.0 Å². The maximum absolute atomic E-state index is 13.5. The summed E-state index contributed by atoms with van der Waals surface area (Å²) in [5, 5.41) is 14.3. The lowest BCUT2D eigenvalue weighted by atomic mass is 9.89. The van der Waals surface area contributed by atoms with E-state index in [2.05, 4.69) is 15.1 Å². The van der Waals surface area contributed by atoms with Crippen LogP contribution in [-0.2, 0) is 10.0 Å². The van der Waals surface area contributed by atoms with Gasteiger partial charge in [-0.3, -0.25) is 4.79 Å². The van der Waals surface area contributed by atoms with Crippen molar-refractivity contribution in [2.75, 3.05) is 17.3 Å². The highest BCUT2D eigenvalue weighted by molar-refractivity contribution is 7.90. The molecule has 0 atom stereocenters. The van der Waals surface area contributed by atoms with Gasteiger partial charge in [0.25, 0.3) is 15.6 Å². The maximum Gasteiger partial charge on any atom is 0.286 e. The fourth-order valence-electron chi connectivity index (χ4n) is 4.53. The van der Waals surface area contributed by atoms with Crippen molar-refractivity contribution in [2.45, 2.75) is 37.0 Å².